The van der Waals surface area contributed by atoms with E-state index in [1.807, 2.05) is 0 Å². The van der Waals surface area contributed by atoms with Gasteiger partial charge in [0.05, 0.1) is 23.3 Å². The Hall–Kier alpha value is -1.56. The zero-order valence-electron chi connectivity index (χ0n) is 12.7. The van der Waals surface area contributed by atoms with Crippen LogP contribution in [0.2, 0.25) is 0 Å². The molecule has 5 nitrogen and oxygen atoms in total. The van der Waals surface area contributed by atoms with E-state index < -0.39 is 15.8 Å². The Bertz CT molecular complexity index is 646. The molecule has 6 heteroatoms. The van der Waals surface area contributed by atoms with Gasteiger partial charge in [0, 0.05) is 19.3 Å². The molecule has 0 N–H and O–H groups in total. The van der Waals surface area contributed by atoms with Crippen LogP contribution in [0.1, 0.15) is 35.2 Å². The van der Waals surface area contributed by atoms with E-state index in [9.17, 15) is 13.2 Å². The van der Waals surface area contributed by atoms with Gasteiger partial charge in [0.25, 0.3) is 0 Å². The maximum absolute atomic E-state index is 12.1. The number of sulfone groups is 1. The maximum Gasteiger partial charge on any atom is 0.338 e. The highest BCUT2D eigenvalue weighted by atomic mass is 32.2. The molecular formula is C15H21NO4S. The van der Waals surface area contributed by atoms with Gasteiger partial charge in [0.2, 0.25) is 0 Å². The molecule has 1 heterocycles. The zero-order valence-corrected chi connectivity index (χ0v) is 13.5. The summed E-state index contributed by atoms with van der Waals surface area (Å²) in [6, 6.07) is 3.23. The predicted molar refractivity (Wildman–Crippen MR) is 81.7 cm³/mol. The van der Waals surface area contributed by atoms with Crippen molar-refractivity contribution >= 4 is 21.5 Å². The number of rotatable bonds is 3. The van der Waals surface area contributed by atoms with Crippen LogP contribution in [-0.4, -0.2) is 40.8 Å². The monoisotopic (exact) mass is 311 g/mol. The first-order valence-electron chi connectivity index (χ1n) is 7.02. The number of anilines is 1. The van der Waals surface area contributed by atoms with E-state index in [-0.39, 0.29) is 4.90 Å². The summed E-state index contributed by atoms with van der Waals surface area (Å²) in [7, 11) is -2.12. The molecule has 0 atom stereocenters. The van der Waals surface area contributed by atoms with Crippen molar-refractivity contribution in [3.63, 3.8) is 0 Å². The number of nitrogens with zero attached hydrogens (tertiary/aromatic N) is 1. The van der Waals surface area contributed by atoms with Gasteiger partial charge in [-0.05, 0) is 43.9 Å². The van der Waals surface area contributed by atoms with Crippen LogP contribution in [0, 0.1) is 6.92 Å². The molecule has 0 amide bonds. The lowest BCUT2D eigenvalue weighted by atomic mass is 10.1. The molecule has 21 heavy (non-hydrogen) atoms. The van der Waals surface area contributed by atoms with Crippen molar-refractivity contribution < 1.29 is 17.9 Å². The lowest BCUT2D eigenvalue weighted by Crippen LogP contribution is -2.31. The number of ether oxygens (including phenoxy) is 1. The normalized spacial score (nSPS) is 15.9. The van der Waals surface area contributed by atoms with Crippen molar-refractivity contribution in [2.24, 2.45) is 0 Å². The van der Waals surface area contributed by atoms with Crippen LogP contribution in [0.25, 0.3) is 0 Å². The third kappa shape index (κ3) is 3.37. The van der Waals surface area contributed by atoms with Crippen molar-refractivity contribution in [3.05, 3.63) is 23.3 Å². The van der Waals surface area contributed by atoms with Crippen LogP contribution >= 0.6 is 0 Å². The molecule has 1 fully saturated rings. The van der Waals surface area contributed by atoms with Crippen LogP contribution in [-0.2, 0) is 14.6 Å². The maximum atomic E-state index is 12.1. The number of esters is 1. The van der Waals surface area contributed by atoms with Crippen LogP contribution in [0.5, 0.6) is 0 Å². The second-order valence-electron chi connectivity index (χ2n) is 5.45. The van der Waals surface area contributed by atoms with Gasteiger partial charge in [-0.2, -0.15) is 0 Å². The summed E-state index contributed by atoms with van der Waals surface area (Å²) < 4.78 is 28.9. The summed E-state index contributed by atoms with van der Waals surface area (Å²) in [6.07, 6.45) is 4.46. The Kier molecular flexibility index (Phi) is 4.56. The molecule has 0 saturated carbocycles. The zero-order chi connectivity index (χ0) is 15.6. The van der Waals surface area contributed by atoms with E-state index in [0.717, 1.165) is 31.5 Å². The summed E-state index contributed by atoms with van der Waals surface area (Å²) in [5.74, 6) is -0.511. The number of benzene rings is 1. The lowest BCUT2D eigenvalue weighted by Gasteiger charge is -2.30. The average Bonchev–Trinajstić information content (AvgIpc) is 2.46. The Labute approximate surface area is 125 Å². The van der Waals surface area contributed by atoms with Gasteiger partial charge in [-0.3, -0.25) is 0 Å². The molecule has 2 rings (SSSR count). The van der Waals surface area contributed by atoms with Crippen molar-refractivity contribution in [2.75, 3.05) is 31.4 Å². The molecule has 0 unspecified atom stereocenters. The molecule has 1 aliphatic heterocycles. The quantitative estimate of drug-likeness (QED) is 0.801. The van der Waals surface area contributed by atoms with E-state index in [2.05, 4.69) is 4.90 Å². The fourth-order valence-electron chi connectivity index (χ4n) is 2.68. The summed E-state index contributed by atoms with van der Waals surface area (Å²) in [5.41, 5.74) is 1.73. The second-order valence-corrected chi connectivity index (χ2v) is 7.43. The molecule has 1 aromatic carbocycles. The van der Waals surface area contributed by atoms with Crippen LogP contribution in [0.3, 0.4) is 0 Å². The first kappa shape index (κ1) is 15.8. The molecule has 1 aromatic rings. The lowest BCUT2D eigenvalue weighted by molar-refractivity contribution is 0.0599. The molecule has 0 spiro atoms. The number of aryl methyl sites for hydroxylation is 1. The SMILES string of the molecule is COC(=O)c1cc(S(C)(=O)=O)c(N2CCCCC2)cc1C. The highest BCUT2D eigenvalue weighted by molar-refractivity contribution is 7.90. The average molecular weight is 311 g/mol. The molecule has 0 radical (unpaired) electrons. The second kappa shape index (κ2) is 6.05. The van der Waals surface area contributed by atoms with Crippen molar-refractivity contribution in [1.82, 2.24) is 0 Å². The van der Waals surface area contributed by atoms with E-state index in [0.29, 0.717) is 11.3 Å². The Morgan fingerprint density at radius 1 is 1.19 bits per heavy atom. The summed E-state index contributed by atoms with van der Waals surface area (Å²) in [4.78, 5) is 14.1. The number of hydrogen-bond acceptors (Lipinski definition) is 5. The minimum Gasteiger partial charge on any atom is -0.465 e. The Morgan fingerprint density at radius 2 is 1.81 bits per heavy atom. The van der Waals surface area contributed by atoms with Gasteiger partial charge in [-0.25, -0.2) is 13.2 Å². The van der Waals surface area contributed by atoms with Crippen LogP contribution in [0.15, 0.2) is 17.0 Å². The van der Waals surface area contributed by atoms with Gasteiger partial charge < -0.3 is 9.64 Å². The molecule has 0 bridgehead atoms. The standard InChI is InChI=1S/C15H21NO4S/c1-11-9-13(16-7-5-4-6-8-16)14(21(3,18)19)10-12(11)15(17)20-2/h9-10H,4-8H2,1-3H3. The topological polar surface area (TPSA) is 63.7 Å². The van der Waals surface area contributed by atoms with E-state index in [1.54, 1.807) is 13.0 Å². The van der Waals surface area contributed by atoms with E-state index >= 15 is 0 Å². The largest absolute Gasteiger partial charge is 0.465 e. The van der Waals surface area contributed by atoms with Crippen LogP contribution in [0.4, 0.5) is 5.69 Å². The van der Waals surface area contributed by atoms with Gasteiger partial charge >= 0.3 is 5.97 Å². The van der Waals surface area contributed by atoms with Gasteiger partial charge in [0.1, 0.15) is 0 Å². The number of methoxy groups -OCH3 is 1. The number of carbonyl (C=O) groups excluding carboxylic acids is 1. The van der Waals surface area contributed by atoms with Crippen molar-refractivity contribution in [3.8, 4) is 0 Å². The highest BCUT2D eigenvalue weighted by Crippen LogP contribution is 2.31. The Balaban J connectivity index is 2.58. The molecular weight excluding hydrogens is 290 g/mol. The molecule has 0 aromatic heterocycles. The van der Waals surface area contributed by atoms with Gasteiger partial charge in [-0.1, -0.05) is 0 Å². The van der Waals surface area contributed by atoms with Crippen LogP contribution < -0.4 is 4.90 Å². The third-order valence-corrected chi connectivity index (χ3v) is 4.93. The van der Waals surface area contributed by atoms with Crippen molar-refractivity contribution in [2.45, 2.75) is 31.1 Å². The number of carbonyl (C=O) groups is 1. The van der Waals surface area contributed by atoms with Crippen molar-refractivity contribution in [1.29, 1.82) is 0 Å². The molecule has 1 saturated heterocycles. The minimum atomic E-state index is -3.41. The van der Waals surface area contributed by atoms with E-state index in [4.69, 9.17) is 4.74 Å². The Morgan fingerprint density at radius 3 is 2.33 bits per heavy atom. The number of hydrogen-bond donors (Lipinski definition) is 0. The molecule has 116 valence electrons. The smallest absolute Gasteiger partial charge is 0.338 e. The van der Waals surface area contributed by atoms with E-state index in [1.165, 1.54) is 25.9 Å². The summed E-state index contributed by atoms with van der Waals surface area (Å²) in [5, 5.41) is 0. The first-order chi connectivity index (χ1) is 9.84. The summed E-state index contributed by atoms with van der Waals surface area (Å²) in [6.45, 7) is 3.49. The number of piperidine rings is 1. The third-order valence-electron chi connectivity index (χ3n) is 3.81. The first-order valence-corrected chi connectivity index (χ1v) is 8.91. The predicted octanol–water partition coefficient (Wildman–Crippen LogP) is 2.18. The highest BCUT2D eigenvalue weighted by Gasteiger charge is 2.23. The van der Waals surface area contributed by atoms with Gasteiger partial charge in [0.15, 0.2) is 9.84 Å². The molecule has 1 aliphatic rings. The van der Waals surface area contributed by atoms with Gasteiger partial charge in [-0.15, -0.1) is 0 Å². The minimum absolute atomic E-state index is 0.204. The summed E-state index contributed by atoms with van der Waals surface area (Å²) >= 11 is 0. The fourth-order valence-corrected chi connectivity index (χ4v) is 3.58. The fraction of sp³-hybridized carbons (Fsp3) is 0.533. The molecule has 0 aliphatic carbocycles.